The van der Waals surface area contributed by atoms with Gasteiger partial charge in [-0.3, -0.25) is 0 Å². The first-order chi connectivity index (χ1) is 9.99. The molecule has 0 spiro atoms. The summed E-state index contributed by atoms with van der Waals surface area (Å²) in [4.78, 5) is 4.57. The predicted molar refractivity (Wildman–Crippen MR) is 88.5 cm³/mol. The van der Waals surface area contributed by atoms with Crippen molar-refractivity contribution in [1.29, 1.82) is 0 Å². The Hall–Kier alpha value is -1.54. The fourth-order valence-electron chi connectivity index (χ4n) is 2.07. The second-order valence-corrected chi connectivity index (χ2v) is 6.12. The molecule has 1 aromatic carbocycles. The monoisotopic (exact) mass is 303 g/mol. The van der Waals surface area contributed by atoms with Crippen molar-refractivity contribution in [2.75, 3.05) is 0 Å². The molecule has 2 rings (SSSR count). The molecule has 0 saturated heterocycles. The minimum atomic E-state index is 0.345. The molecule has 1 aromatic heterocycles. The highest BCUT2D eigenvalue weighted by atomic mass is 35.5. The first kappa shape index (κ1) is 15.8. The van der Waals surface area contributed by atoms with E-state index in [9.17, 15) is 0 Å². The number of rotatable bonds is 5. The van der Waals surface area contributed by atoms with Crippen LogP contribution in [0.15, 0.2) is 36.4 Å². The zero-order valence-corrected chi connectivity index (χ0v) is 13.8. The summed E-state index contributed by atoms with van der Waals surface area (Å²) >= 11 is 5.96. The molecule has 0 unspecified atom stereocenters. The van der Waals surface area contributed by atoms with Gasteiger partial charge >= 0.3 is 0 Å². The molecule has 0 fully saturated rings. The van der Waals surface area contributed by atoms with Gasteiger partial charge in [-0.1, -0.05) is 39.8 Å². The van der Waals surface area contributed by atoms with Gasteiger partial charge in [0.1, 0.15) is 5.75 Å². The number of benzene rings is 1. The van der Waals surface area contributed by atoms with E-state index in [0.29, 0.717) is 23.6 Å². The van der Waals surface area contributed by atoms with E-state index in [1.54, 1.807) is 0 Å². The van der Waals surface area contributed by atoms with E-state index >= 15 is 0 Å². The molecular formula is C18H22ClNO. The van der Waals surface area contributed by atoms with Crippen LogP contribution in [-0.4, -0.2) is 4.98 Å². The van der Waals surface area contributed by atoms with Crippen LogP contribution in [0.2, 0.25) is 0 Å². The van der Waals surface area contributed by atoms with Crippen molar-refractivity contribution >= 4 is 11.6 Å². The van der Waals surface area contributed by atoms with Gasteiger partial charge in [0.15, 0.2) is 0 Å². The summed E-state index contributed by atoms with van der Waals surface area (Å²) in [6.07, 6.45) is 0. The Morgan fingerprint density at radius 1 is 1.05 bits per heavy atom. The maximum atomic E-state index is 5.96. The first-order valence-corrected chi connectivity index (χ1v) is 7.87. The minimum absolute atomic E-state index is 0.345. The van der Waals surface area contributed by atoms with E-state index in [-0.39, 0.29) is 0 Å². The third kappa shape index (κ3) is 4.21. The molecule has 2 aromatic rings. The molecule has 3 heteroatoms. The molecular weight excluding hydrogens is 282 g/mol. The molecule has 0 aliphatic heterocycles. The standard InChI is InChI=1S/C18H22ClNO/c1-12(2)15-6-5-7-16(10-15)21-18-9-14(11-19)8-17(20-18)13(3)4/h5-10,12-13H,11H2,1-4H3. The summed E-state index contributed by atoms with van der Waals surface area (Å²) in [5.74, 6) is 2.71. The average molecular weight is 304 g/mol. The summed E-state index contributed by atoms with van der Waals surface area (Å²) in [5, 5.41) is 0. The molecule has 0 aliphatic rings. The summed E-state index contributed by atoms with van der Waals surface area (Å²) in [6, 6.07) is 12.1. The summed E-state index contributed by atoms with van der Waals surface area (Å²) < 4.78 is 5.93. The Balaban J connectivity index is 2.30. The van der Waals surface area contributed by atoms with Crippen molar-refractivity contribution in [3.05, 3.63) is 53.2 Å². The summed E-state index contributed by atoms with van der Waals surface area (Å²) in [6.45, 7) is 8.57. The van der Waals surface area contributed by atoms with Gasteiger partial charge in [-0.05, 0) is 41.2 Å². The maximum Gasteiger partial charge on any atom is 0.219 e. The molecule has 0 saturated carbocycles. The molecule has 21 heavy (non-hydrogen) atoms. The van der Waals surface area contributed by atoms with Gasteiger partial charge in [0.2, 0.25) is 5.88 Å². The van der Waals surface area contributed by atoms with Gasteiger partial charge in [0, 0.05) is 17.6 Å². The molecule has 2 nitrogen and oxygen atoms in total. The van der Waals surface area contributed by atoms with E-state index in [1.807, 2.05) is 24.3 Å². The van der Waals surface area contributed by atoms with Crippen LogP contribution >= 0.6 is 11.6 Å². The Morgan fingerprint density at radius 2 is 1.81 bits per heavy atom. The van der Waals surface area contributed by atoms with E-state index in [1.165, 1.54) is 5.56 Å². The molecule has 0 aliphatic carbocycles. The molecule has 0 N–H and O–H groups in total. The largest absolute Gasteiger partial charge is 0.439 e. The highest BCUT2D eigenvalue weighted by Crippen LogP contribution is 2.27. The number of hydrogen-bond donors (Lipinski definition) is 0. The molecule has 0 amide bonds. The van der Waals surface area contributed by atoms with E-state index in [4.69, 9.17) is 16.3 Å². The van der Waals surface area contributed by atoms with Gasteiger partial charge in [-0.15, -0.1) is 11.6 Å². The topological polar surface area (TPSA) is 22.1 Å². The van der Waals surface area contributed by atoms with Crippen molar-refractivity contribution in [3.8, 4) is 11.6 Å². The lowest BCUT2D eigenvalue weighted by atomic mass is 10.0. The lowest BCUT2D eigenvalue weighted by molar-refractivity contribution is 0.458. The minimum Gasteiger partial charge on any atom is -0.439 e. The maximum absolute atomic E-state index is 5.96. The lowest BCUT2D eigenvalue weighted by Crippen LogP contribution is -1.98. The smallest absolute Gasteiger partial charge is 0.219 e. The molecule has 0 bridgehead atoms. The van der Waals surface area contributed by atoms with Crippen LogP contribution in [-0.2, 0) is 5.88 Å². The Labute approximate surface area is 132 Å². The SMILES string of the molecule is CC(C)c1cccc(Oc2cc(CCl)cc(C(C)C)n2)c1. The number of nitrogens with zero attached hydrogens (tertiary/aromatic N) is 1. The fraction of sp³-hybridized carbons (Fsp3) is 0.389. The van der Waals surface area contributed by atoms with E-state index in [2.05, 4.69) is 44.8 Å². The average Bonchev–Trinajstić information content (AvgIpc) is 2.47. The van der Waals surface area contributed by atoms with Crippen LogP contribution in [0.5, 0.6) is 11.6 Å². The van der Waals surface area contributed by atoms with Gasteiger partial charge in [-0.25, -0.2) is 4.98 Å². The van der Waals surface area contributed by atoms with Crippen molar-refractivity contribution in [3.63, 3.8) is 0 Å². The highest BCUT2D eigenvalue weighted by Gasteiger charge is 2.08. The van der Waals surface area contributed by atoms with Crippen LogP contribution in [0.4, 0.5) is 0 Å². The number of ether oxygens (including phenoxy) is 1. The van der Waals surface area contributed by atoms with Crippen molar-refractivity contribution < 1.29 is 4.74 Å². The van der Waals surface area contributed by atoms with Crippen molar-refractivity contribution in [2.24, 2.45) is 0 Å². The number of aromatic nitrogens is 1. The number of hydrogen-bond acceptors (Lipinski definition) is 2. The Kier molecular flexibility index (Phi) is 5.24. The summed E-state index contributed by atoms with van der Waals surface area (Å²) in [5.41, 5.74) is 3.29. The highest BCUT2D eigenvalue weighted by molar-refractivity contribution is 6.17. The molecule has 0 radical (unpaired) electrons. The molecule has 0 atom stereocenters. The van der Waals surface area contributed by atoms with E-state index < -0.39 is 0 Å². The Morgan fingerprint density at radius 3 is 2.43 bits per heavy atom. The Bertz CT molecular complexity index is 608. The lowest BCUT2D eigenvalue weighted by Gasteiger charge is -2.12. The van der Waals surface area contributed by atoms with Crippen LogP contribution < -0.4 is 4.74 Å². The number of halogens is 1. The first-order valence-electron chi connectivity index (χ1n) is 7.34. The van der Waals surface area contributed by atoms with Gasteiger partial charge in [0.05, 0.1) is 0 Å². The molecule has 112 valence electrons. The van der Waals surface area contributed by atoms with Crippen LogP contribution in [0.3, 0.4) is 0 Å². The van der Waals surface area contributed by atoms with Crippen LogP contribution in [0.25, 0.3) is 0 Å². The second-order valence-electron chi connectivity index (χ2n) is 5.86. The molecule has 1 heterocycles. The zero-order chi connectivity index (χ0) is 15.4. The normalized spacial score (nSPS) is 11.2. The quantitative estimate of drug-likeness (QED) is 0.645. The number of pyridine rings is 1. The van der Waals surface area contributed by atoms with E-state index in [0.717, 1.165) is 17.0 Å². The number of alkyl halides is 1. The van der Waals surface area contributed by atoms with Crippen molar-refractivity contribution in [1.82, 2.24) is 4.98 Å². The fourth-order valence-corrected chi connectivity index (χ4v) is 2.22. The van der Waals surface area contributed by atoms with Gasteiger partial charge < -0.3 is 4.74 Å². The second kappa shape index (κ2) is 6.95. The predicted octanol–water partition coefficient (Wildman–Crippen LogP) is 5.86. The zero-order valence-electron chi connectivity index (χ0n) is 13.1. The van der Waals surface area contributed by atoms with Crippen molar-refractivity contribution in [2.45, 2.75) is 45.4 Å². The van der Waals surface area contributed by atoms with Crippen LogP contribution in [0.1, 0.15) is 56.4 Å². The summed E-state index contributed by atoms with van der Waals surface area (Å²) in [7, 11) is 0. The third-order valence-electron chi connectivity index (χ3n) is 3.37. The van der Waals surface area contributed by atoms with Crippen LogP contribution in [0, 0.1) is 0 Å². The van der Waals surface area contributed by atoms with Gasteiger partial charge in [-0.2, -0.15) is 0 Å². The third-order valence-corrected chi connectivity index (χ3v) is 3.68. The van der Waals surface area contributed by atoms with Gasteiger partial charge in [0.25, 0.3) is 0 Å².